The summed E-state index contributed by atoms with van der Waals surface area (Å²) >= 11 is 2.34. The van der Waals surface area contributed by atoms with Crippen LogP contribution >= 0.6 is 22.6 Å². The first-order valence-corrected chi connectivity index (χ1v) is 5.20. The fourth-order valence-electron chi connectivity index (χ4n) is 1.48. The lowest BCUT2D eigenvalue weighted by molar-refractivity contribution is 0.443. The van der Waals surface area contributed by atoms with E-state index in [1.54, 1.807) is 0 Å². The first-order valence-electron chi connectivity index (χ1n) is 4.13. The van der Waals surface area contributed by atoms with E-state index in [0.29, 0.717) is 0 Å². The van der Waals surface area contributed by atoms with Crippen LogP contribution in [0.25, 0.3) is 0 Å². The third kappa shape index (κ3) is 1.42. The summed E-state index contributed by atoms with van der Waals surface area (Å²) in [5.41, 5.74) is 0. The van der Waals surface area contributed by atoms with Crippen LogP contribution < -0.4 is 4.90 Å². The molecule has 0 amide bonds. The van der Waals surface area contributed by atoms with E-state index in [9.17, 15) is 0 Å². The molecule has 0 saturated carbocycles. The van der Waals surface area contributed by atoms with Crippen LogP contribution in [0.15, 0.2) is 18.3 Å². The highest BCUT2D eigenvalue weighted by Gasteiger charge is 2.24. The predicted octanol–water partition coefficient (Wildman–Crippen LogP) is 2.14. The molecule has 64 valence electrons. The Hall–Kier alpha value is -0.320. The van der Waals surface area contributed by atoms with E-state index in [0.717, 1.165) is 24.8 Å². The van der Waals surface area contributed by atoms with Crippen molar-refractivity contribution in [2.24, 2.45) is 5.92 Å². The fraction of sp³-hybridized carbons (Fsp3) is 0.444. The molecule has 0 unspecified atom stereocenters. The molecule has 1 saturated heterocycles. The topological polar surface area (TPSA) is 16.1 Å². The normalized spacial score (nSPS) is 17.7. The molecule has 2 rings (SSSR count). The van der Waals surface area contributed by atoms with Gasteiger partial charge >= 0.3 is 0 Å². The Morgan fingerprint density at radius 1 is 1.58 bits per heavy atom. The van der Waals surface area contributed by atoms with Gasteiger partial charge in [0, 0.05) is 19.3 Å². The van der Waals surface area contributed by atoms with Crippen molar-refractivity contribution >= 4 is 28.4 Å². The molecule has 1 aromatic heterocycles. The molecule has 0 spiro atoms. The van der Waals surface area contributed by atoms with Gasteiger partial charge in [-0.15, -0.1) is 0 Å². The molecule has 0 radical (unpaired) electrons. The predicted molar refractivity (Wildman–Crippen MR) is 58.3 cm³/mol. The maximum atomic E-state index is 4.35. The van der Waals surface area contributed by atoms with Crippen molar-refractivity contribution in [1.29, 1.82) is 0 Å². The van der Waals surface area contributed by atoms with E-state index in [-0.39, 0.29) is 0 Å². The Morgan fingerprint density at radius 3 is 2.92 bits per heavy atom. The average molecular weight is 274 g/mol. The minimum absolute atomic E-state index is 0.836. The van der Waals surface area contributed by atoms with Gasteiger partial charge in [0.25, 0.3) is 0 Å². The van der Waals surface area contributed by atoms with Crippen molar-refractivity contribution in [2.45, 2.75) is 6.92 Å². The monoisotopic (exact) mass is 274 g/mol. The largest absolute Gasteiger partial charge is 0.355 e. The summed E-state index contributed by atoms with van der Waals surface area (Å²) in [6, 6.07) is 4.08. The lowest BCUT2D eigenvalue weighted by Gasteiger charge is -2.38. The van der Waals surface area contributed by atoms with Gasteiger partial charge in [0.05, 0.1) is 3.57 Å². The highest BCUT2D eigenvalue weighted by Crippen LogP contribution is 2.25. The summed E-state index contributed by atoms with van der Waals surface area (Å²) < 4.78 is 1.25. The van der Waals surface area contributed by atoms with Crippen molar-refractivity contribution in [3.63, 3.8) is 0 Å². The Balaban J connectivity index is 2.18. The number of aromatic nitrogens is 1. The van der Waals surface area contributed by atoms with Crippen molar-refractivity contribution in [3.05, 3.63) is 21.9 Å². The van der Waals surface area contributed by atoms with Gasteiger partial charge in [-0.25, -0.2) is 4.98 Å². The number of nitrogens with zero attached hydrogens (tertiary/aromatic N) is 2. The van der Waals surface area contributed by atoms with Gasteiger partial charge in [0.1, 0.15) is 5.82 Å². The summed E-state index contributed by atoms with van der Waals surface area (Å²) in [6.07, 6.45) is 1.86. The number of hydrogen-bond donors (Lipinski definition) is 0. The molecule has 0 aromatic carbocycles. The summed E-state index contributed by atoms with van der Waals surface area (Å²) in [5, 5.41) is 0. The third-order valence-corrected chi connectivity index (χ3v) is 2.94. The van der Waals surface area contributed by atoms with Gasteiger partial charge < -0.3 is 4.90 Å². The summed E-state index contributed by atoms with van der Waals surface area (Å²) in [6.45, 7) is 4.59. The molecular formula is C9H11IN2. The zero-order valence-electron chi connectivity index (χ0n) is 7.00. The Labute approximate surface area is 86.1 Å². The second kappa shape index (κ2) is 3.20. The lowest BCUT2D eigenvalue weighted by atomic mass is 10.0. The van der Waals surface area contributed by atoms with Crippen LogP contribution in [0.3, 0.4) is 0 Å². The molecule has 12 heavy (non-hydrogen) atoms. The highest BCUT2D eigenvalue weighted by atomic mass is 127. The standard InChI is InChI=1S/C9H11IN2/c1-7-5-12(6-7)9-8(10)3-2-4-11-9/h2-4,7H,5-6H2,1H3. The molecule has 2 nitrogen and oxygen atoms in total. The first-order chi connectivity index (χ1) is 5.77. The van der Waals surface area contributed by atoms with Gasteiger partial charge in [0.15, 0.2) is 0 Å². The van der Waals surface area contributed by atoms with Gasteiger partial charge in [-0.3, -0.25) is 0 Å². The molecule has 3 heteroatoms. The summed E-state index contributed by atoms with van der Waals surface area (Å²) in [7, 11) is 0. The number of anilines is 1. The maximum absolute atomic E-state index is 4.35. The zero-order valence-corrected chi connectivity index (χ0v) is 9.15. The number of rotatable bonds is 1. The quantitative estimate of drug-likeness (QED) is 0.729. The molecule has 1 aliphatic heterocycles. The van der Waals surface area contributed by atoms with Crippen LogP contribution in [0.5, 0.6) is 0 Å². The number of pyridine rings is 1. The van der Waals surface area contributed by atoms with Crippen molar-refractivity contribution in [2.75, 3.05) is 18.0 Å². The van der Waals surface area contributed by atoms with E-state index >= 15 is 0 Å². The number of hydrogen-bond acceptors (Lipinski definition) is 2. The van der Waals surface area contributed by atoms with E-state index in [1.807, 2.05) is 12.3 Å². The third-order valence-electron chi connectivity index (χ3n) is 2.10. The van der Waals surface area contributed by atoms with Crippen LogP contribution in [-0.4, -0.2) is 18.1 Å². The van der Waals surface area contributed by atoms with E-state index in [1.165, 1.54) is 3.57 Å². The van der Waals surface area contributed by atoms with Gasteiger partial charge in [-0.05, 0) is 40.6 Å². The minimum atomic E-state index is 0.836. The highest BCUT2D eigenvalue weighted by molar-refractivity contribution is 14.1. The number of halogens is 1. The molecule has 0 aliphatic carbocycles. The molecule has 0 bridgehead atoms. The fourth-order valence-corrected chi connectivity index (χ4v) is 2.17. The second-order valence-corrected chi connectivity index (χ2v) is 4.48. The molecule has 0 atom stereocenters. The molecule has 1 aromatic rings. The Bertz CT molecular complexity index is 282. The van der Waals surface area contributed by atoms with E-state index < -0.39 is 0 Å². The smallest absolute Gasteiger partial charge is 0.142 e. The van der Waals surface area contributed by atoms with Crippen LogP contribution in [0.2, 0.25) is 0 Å². The Kier molecular flexibility index (Phi) is 2.21. The second-order valence-electron chi connectivity index (χ2n) is 3.32. The molecular weight excluding hydrogens is 263 g/mol. The van der Waals surface area contributed by atoms with Crippen molar-refractivity contribution in [3.8, 4) is 0 Å². The molecule has 2 heterocycles. The summed E-state index contributed by atoms with van der Waals surface area (Å²) in [5.74, 6) is 1.99. The van der Waals surface area contributed by atoms with Crippen LogP contribution in [-0.2, 0) is 0 Å². The first kappa shape index (κ1) is 8.29. The van der Waals surface area contributed by atoms with Crippen molar-refractivity contribution in [1.82, 2.24) is 4.98 Å². The molecule has 1 aliphatic rings. The molecule has 1 fully saturated rings. The lowest BCUT2D eigenvalue weighted by Crippen LogP contribution is -2.45. The van der Waals surface area contributed by atoms with Crippen molar-refractivity contribution < 1.29 is 0 Å². The summed E-state index contributed by atoms with van der Waals surface area (Å²) in [4.78, 5) is 6.68. The van der Waals surface area contributed by atoms with Crippen LogP contribution in [0.4, 0.5) is 5.82 Å². The van der Waals surface area contributed by atoms with E-state index in [2.05, 4.69) is 45.5 Å². The van der Waals surface area contributed by atoms with Crippen LogP contribution in [0.1, 0.15) is 6.92 Å². The van der Waals surface area contributed by atoms with Gasteiger partial charge in [0.2, 0.25) is 0 Å². The average Bonchev–Trinajstić information content (AvgIpc) is 2.01. The van der Waals surface area contributed by atoms with E-state index in [4.69, 9.17) is 0 Å². The minimum Gasteiger partial charge on any atom is -0.355 e. The SMILES string of the molecule is CC1CN(c2ncccc2I)C1. The van der Waals surface area contributed by atoms with Crippen LogP contribution in [0, 0.1) is 9.49 Å². The van der Waals surface area contributed by atoms with Gasteiger partial charge in [-0.2, -0.15) is 0 Å². The van der Waals surface area contributed by atoms with Gasteiger partial charge in [-0.1, -0.05) is 6.92 Å². The molecule has 0 N–H and O–H groups in total. The zero-order chi connectivity index (χ0) is 8.55. The Morgan fingerprint density at radius 2 is 2.33 bits per heavy atom. The maximum Gasteiger partial charge on any atom is 0.142 e.